The lowest BCUT2D eigenvalue weighted by atomic mass is 9.78. The van der Waals surface area contributed by atoms with E-state index in [0.717, 1.165) is 11.0 Å². The first-order valence-electron chi connectivity index (χ1n) is 8.96. The molecule has 0 atom stereocenters. The molecule has 0 saturated heterocycles. The van der Waals surface area contributed by atoms with Gasteiger partial charge in [0.2, 0.25) is 0 Å². The average Bonchev–Trinajstić information content (AvgIpc) is 3.01. The molecule has 0 spiro atoms. The van der Waals surface area contributed by atoms with E-state index >= 15 is 0 Å². The average molecular weight is 381 g/mol. The Morgan fingerprint density at radius 3 is 2.54 bits per heavy atom. The highest BCUT2D eigenvalue weighted by Crippen LogP contribution is 2.36. The van der Waals surface area contributed by atoms with E-state index in [9.17, 15) is 18.8 Å². The topological polar surface area (TPSA) is 51.5 Å². The molecule has 1 heterocycles. The molecular formula is C22H17F2NO3. The van der Waals surface area contributed by atoms with Crippen molar-refractivity contribution in [3.63, 3.8) is 0 Å². The molecule has 28 heavy (non-hydrogen) atoms. The second-order valence-electron chi connectivity index (χ2n) is 6.98. The Balaban J connectivity index is 1.93. The van der Waals surface area contributed by atoms with Gasteiger partial charge in [-0.15, -0.1) is 0 Å². The van der Waals surface area contributed by atoms with Crippen LogP contribution in [0.3, 0.4) is 0 Å². The van der Waals surface area contributed by atoms with Gasteiger partial charge >= 0.3 is 6.09 Å². The second-order valence-corrected chi connectivity index (χ2v) is 6.98. The van der Waals surface area contributed by atoms with Crippen molar-refractivity contribution in [3.8, 4) is 23.1 Å². The largest absolute Gasteiger partial charge is 0.456 e. The van der Waals surface area contributed by atoms with Crippen molar-refractivity contribution >= 4 is 17.0 Å². The SMILES string of the molecule is O=C(OF)n1c(-c2ccc(F)cc2)c(C#CCC2(O)CCC2)c2ccccc21. The molecular weight excluding hydrogens is 364 g/mol. The highest BCUT2D eigenvalue weighted by atomic mass is 19.3. The summed E-state index contributed by atoms with van der Waals surface area (Å²) in [5.41, 5.74) is 0.970. The Kier molecular flexibility index (Phi) is 4.62. The first-order chi connectivity index (χ1) is 13.5. The van der Waals surface area contributed by atoms with Crippen molar-refractivity contribution in [1.29, 1.82) is 0 Å². The molecule has 1 aliphatic rings. The molecule has 0 bridgehead atoms. The number of carbonyl (C=O) groups is 1. The number of para-hydroxylation sites is 1. The fraction of sp³-hybridized carbons (Fsp3) is 0.227. The molecule has 3 aromatic rings. The first-order valence-corrected chi connectivity index (χ1v) is 8.96. The normalized spacial score (nSPS) is 14.8. The Morgan fingerprint density at radius 1 is 1.18 bits per heavy atom. The molecule has 1 aromatic heterocycles. The highest BCUT2D eigenvalue weighted by molar-refractivity contribution is 6.01. The quantitative estimate of drug-likeness (QED) is 0.638. The van der Waals surface area contributed by atoms with Crippen LogP contribution in [0.4, 0.5) is 13.7 Å². The van der Waals surface area contributed by atoms with E-state index in [4.69, 9.17) is 0 Å². The van der Waals surface area contributed by atoms with E-state index in [-0.39, 0.29) is 0 Å². The molecule has 0 radical (unpaired) electrons. The van der Waals surface area contributed by atoms with Gasteiger partial charge in [0.1, 0.15) is 5.82 Å². The number of hydrogen-bond donors (Lipinski definition) is 1. The summed E-state index contributed by atoms with van der Waals surface area (Å²) < 4.78 is 27.3. The molecule has 0 unspecified atom stereocenters. The third kappa shape index (κ3) is 3.14. The molecule has 6 heteroatoms. The third-order valence-electron chi connectivity index (χ3n) is 5.16. The summed E-state index contributed by atoms with van der Waals surface area (Å²) in [6, 6.07) is 12.4. The van der Waals surface area contributed by atoms with E-state index in [1.165, 1.54) is 24.3 Å². The first kappa shape index (κ1) is 18.2. The van der Waals surface area contributed by atoms with Crippen LogP contribution in [0.1, 0.15) is 31.2 Å². The van der Waals surface area contributed by atoms with E-state index in [2.05, 4.69) is 16.8 Å². The standard InChI is InChI=1S/C22H17F2NO3/c23-16-10-8-15(9-11-16)20-18(6-3-12-22(27)13-4-14-22)17-5-1-2-7-19(17)25(20)21(26)28-24/h1-2,5,7-11,27H,4,12-14H2. The van der Waals surface area contributed by atoms with E-state index < -0.39 is 17.5 Å². The van der Waals surface area contributed by atoms with Crippen LogP contribution in [0.25, 0.3) is 22.2 Å². The zero-order valence-corrected chi connectivity index (χ0v) is 14.9. The van der Waals surface area contributed by atoms with E-state index in [1.54, 1.807) is 24.3 Å². The third-order valence-corrected chi connectivity index (χ3v) is 5.16. The molecule has 4 nitrogen and oxygen atoms in total. The molecule has 1 saturated carbocycles. The fourth-order valence-corrected chi connectivity index (χ4v) is 3.53. The zero-order valence-electron chi connectivity index (χ0n) is 14.9. The van der Waals surface area contributed by atoms with Crippen molar-refractivity contribution in [1.82, 2.24) is 4.57 Å². The monoisotopic (exact) mass is 381 g/mol. The van der Waals surface area contributed by atoms with Crippen LogP contribution in [0.2, 0.25) is 0 Å². The van der Waals surface area contributed by atoms with Gasteiger partial charge in [-0.25, -0.2) is 18.7 Å². The van der Waals surface area contributed by atoms with Gasteiger partial charge in [0.05, 0.1) is 22.4 Å². The number of fused-ring (bicyclic) bond motifs is 1. The molecule has 1 N–H and O–H groups in total. The minimum atomic E-state index is -1.21. The summed E-state index contributed by atoms with van der Waals surface area (Å²) in [6.07, 6.45) is 1.50. The number of benzene rings is 2. The smallest absolute Gasteiger partial charge is 0.389 e. The van der Waals surface area contributed by atoms with Gasteiger partial charge in [-0.3, -0.25) is 0 Å². The van der Waals surface area contributed by atoms with Crippen LogP contribution in [0, 0.1) is 17.7 Å². The van der Waals surface area contributed by atoms with Gasteiger partial charge in [-0.2, -0.15) is 0 Å². The number of nitrogens with zero attached hydrogens (tertiary/aromatic N) is 1. The predicted molar refractivity (Wildman–Crippen MR) is 101 cm³/mol. The van der Waals surface area contributed by atoms with Crippen molar-refractivity contribution < 1.29 is 23.8 Å². The van der Waals surface area contributed by atoms with Crippen molar-refractivity contribution in [2.75, 3.05) is 0 Å². The van der Waals surface area contributed by atoms with Crippen LogP contribution in [0.15, 0.2) is 48.5 Å². The minimum Gasteiger partial charge on any atom is -0.389 e. The second kappa shape index (κ2) is 7.10. The highest BCUT2D eigenvalue weighted by Gasteiger charge is 2.33. The maximum absolute atomic E-state index is 13.4. The molecule has 2 aromatic carbocycles. The maximum Gasteiger partial charge on any atom is 0.456 e. The molecule has 0 amide bonds. The van der Waals surface area contributed by atoms with Gasteiger partial charge in [0, 0.05) is 21.9 Å². The van der Waals surface area contributed by atoms with Crippen molar-refractivity contribution in [2.24, 2.45) is 0 Å². The van der Waals surface area contributed by atoms with Crippen LogP contribution < -0.4 is 0 Å². The van der Waals surface area contributed by atoms with Gasteiger partial charge < -0.3 is 5.11 Å². The van der Waals surface area contributed by atoms with Crippen LogP contribution in [0.5, 0.6) is 0 Å². The molecule has 4 rings (SSSR count). The minimum absolute atomic E-state index is 0.308. The molecule has 1 fully saturated rings. The summed E-state index contributed by atoms with van der Waals surface area (Å²) in [5.74, 6) is 5.60. The van der Waals surface area contributed by atoms with Gasteiger partial charge in [0.25, 0.3) is 0 Å². The van der Waals surface area contributed by atoms with Crippen LogP contribution in [-0.2, 0) is 4.94 Å². The lowest BCUT2D eigenvalue weighted by molar-refractivity contribution is -0.0610. The maximum atomic E-state index is 13.4. The van der Waals surface area contributed by atoms with Crippen LogP contribution >= 0.6 is 0 Å². The number of aliphatic hydroxyl groups is 1. The lowest BCUT2D eigenvalue weighted by Crippen LogP contribution is -2.35. The predicted octanol–water partition coefficient (Wildman–Crippen LogP) is 4.97. The Hall–Kier alpha value is -3.17. The summed E-state index contributed by atoms with van der Waals surface area (Å²) in [5, 5.41) is 10.9. The van der Waals surface area contributed by atoms with Crippen molar-refractivity contribution in [2.45, 2.75) is 31.3 Å². The van der Waals surface area contributed by atoms with Crippen LogP contribution in [-0.4, -0.2) is 21.4 Å². The number of carbonyl (C=O) groups excluding carboxylic acids is 1. The Bertz CT molecular complexity index is 1100. The molecule has 0 aliphatic heterocycles. The summed E-state index contributed by atoms with van der Waals surface area (Å²) in [4.78, 5) is 15.7. The molecule has 1 aliphatic carbocycles. The summed E-state index contributed by atoms with van der Waals surface area (Å²) in [6.45, 7) is 0. The zero-order chi connectivity index (χ0) is 19.7. The molecule has 142 valence electrons. The van der Waals surface area contributed by atoms with E-state index in [1.807, 2.05) is 0 Å². The lowest BCUT2D eigenvalue weighted by Gasteiger charge is -2.34. The number of halogens is 2. The van der Waals surface area contributed by atoms with Gasteiger partial charge in [-0.1, -0.05) is 30.0 Å². The van der Waals surface area contributed by atoms with Crippen molar-refractivity contribution in [3.05, 3.63) is 59.9 Å². The summed E-state index contributed by atoms with van der Waals surface area (Å²) >= 11 is 0. The summed E-state index contributed by atoms with van der Waals surface area (Å²) in [7, 11) is 0. The van der Waals surface area contributed by atoms with E-state index in [0.29, 0.717) is 47.0 Å². The fourth-order valence-electron chi connectivity index (χ4n) is 3.53. The Labute approximate surface area is 160 Å². The number of hydrogen-bond acceptors (Lipinski definition) is 3. The number of aromatic nitrogens is 1. The van der Waals surface area contributed by atoms with Gasteiger partial charge in [-0.05, 0) is 49.6 Å². The van der Waals surface area contributed by atoms with Gasteiger partial charge in [0.15, 0.2) is 0 Å². The Morgan fingerprint density at radius 2 is 1.89 bits per heavy atom. The number of rotatable bonds is 2.